The van der Waals surface area contributed by atoms with Crippen molar-refractivity contribution >= 4 is 39.0 Å². The van der Waals surface area contributed by atoms with Crippen LogP contribution in [0.2, 0.25) is 0 Å². The van der Waals surface area contributed by atoms with Crippen molar-refractivity contribution in [1.29, 1.82) is 0 Å². The van der Waals surface area contributed by atoms with E-state index in [0.717, 1.165) is 16.6 Å². The van der Waals surface area contributed by atoms with Crippen LogP contribution in [-0.2, 0) is 0 Å². The molecule has 114 valence electrons. The molecule has 2 aromatic carbocycles. The van der Waals surface area contributed by atoms with Crippen molar-refractivity contribution in [3.8, 4) is 0 Å². The van der Waals surface area contributed by atoms with E-state index in [-0.39, 0.29) is 16.4 Å². The summed E-state index contributed by atoms with van der Waals surface area (Å²) in [4.78, 5) is 0. The van der Waals surface area contributed by atoms with Gasteiger partial charge in [-0.25, -0.2) is 13.2 Å². The minimum Gasteiger partial charge on any atom is -0.375 e. The van der Waals surface area contributed by atoms with Crippen molar-refractivity contribution < 1.29 is 13.2 Å². The Bertz CT molecular complexity index is 742. The lowest BCUT2D eigenvalue weighted by molar-refractivity contribution is 0.447. The Balaban J connectivity index is 2.59. The molecule has 0 spiro atoms. The Morgan fingerprint density at radius 3 is 2.27 bits per heavy atom. The number of benzene rings is 2. The van der Waals surface area contributed by atoms with E-state index in [4.69, 9.17) is 5.73 Å². The van der Waals surface area contributed by atoms with Gasteiger partial charge in [0.25, 0.3) is 0 Å². The van der Waals surface area contributed by atoms with Crippen LogP contribution in [0.3, 0.4) is 0 Å². The number of nitrogens with one attached hydrogen (secondary N) is 1. The number of halogens is 4. The summed E-state index contributed by atoms with van der Waals surface area (Å²) in [6.07, 6.45) is 0. The summed E-state index contributed by atoms with van der Waals surface area (Å²) in [6.45, 7) is 0. The monoisotopic (exact) mass is 387 g/mol. The molecule has 0 aliphatic rings. The first-order valence-electron chi connectivity index (χ1n) is 5.92. The van der Waals surface area contributed by atoms with E-state index in [1.807, 2.05) is 0 Å². The molecule has 0 atom stereocenters. The second-order valence-electron chi connectivity index (χ2n) is 4.20. The first-order valence-corrected chi connectivity index (χ1v) is 7.12. The number of rotatable bonds is 3. The van der Waals surface area contributed by atoms with Crippen molar-refractivity contribution in [2.45, 2.75) is 0 Å². The summed E-state index contributed by atoms with van der Waals surface area (Å²) in [7, 11) is 0. The Hall–Kier alpha value is -1.93. The molecule has 0 aliphatic carbocycles. The molecule has 22 heavy (non-hydrogen) atoms. The molecule has 8 heteroatoms. The van der Waals surface area contributed by atoms with Crippen molar-refractivity contribution in [1.82, 2.24) is 5.43 Å². The first-order chi connectivity index (χ1) is 10.4. The van der Waals surface area contributed by atoms with Crippen LogP contribution >= 0.6 is 28.1 Å². The molecule has 0 saturated heterocycles. The highest BCUT2D eigenvalue weighted by molar-refractivity contribution is 9.10. The van der Waals surface area contributed by atoms with Crippen LogP contribution in [0.5, 0.6) is 0 Å². The van der Waals surface area contributed by atoms with Gasteiger partial charge >= 0.3 is 0 Å². The maximum atomic E-state index is 13.4. The third-order valence-corrected chi connectivity index (χ3v) is 3.22. The Labute approximate surface area is 138 Å². The maximum absolute atomic E-state index is 13.4. The maximum Gasteiger partial charge on any atom is 0.194 e. The summed E-state index contributed by atoms with van der Waals surface area (Å²) < 4.78 is 40.7. The third-order valence-electron chi connectivity index (χ3n) is 2.63. The van der Waals surface area contributed by atoms with E-state index < -0.39 is 17.5 Å². The average Bonchev–Trinajstić information content (AvgIpc) is 2.44. The molecule has 2 rings (SSSR count). The minimum absolute atomic E-state index is 0.0400. The SMILES string of the molecule is NC(=S)N/N=C(/c1cccc(Br)c1)c1cc(F)c(F)c(F)c1. The number of nitrogens with zero attached hydrogens (tertiary/aromatic N) is 1. The predicted molar refractivity (Wildman–Crippen MR) is 86.0 cm³/mol. The van der Waals surface area contributed by atoms with Crippen molar-refractivity contribution in [2.75, 3.05) is 0 Å². The lowest BCUT2D eigenvalue weighted by Crippen LogP contribution is -2.26. The highest BCUT2D eigenvalue weighted by Crippen LogP contribution is 2.19. The highest BCUT2D eigenvalue weighted by Gasteiger charge is 2.15. The van der Waals surface area contributed by atoms with Crippen molar-refractivity contribution in [3.05, 3.63) is 69.4 Å². The predicted octanol–water partition coefficient (Wildman–Crippen LogP) is 3.45. The Morgan fingerprint density at radius 2 is 1.73 bits per heavy atom. The van der Waals surface area contributed by atoms with Gasteiger partial charge < -0.3 is 5.73 Å². The van der Waals surface area contributed by atoms with Crippen LogP contribution in [0, 0.1) is 17.5 Å². The number of thiocarbonyl (C=S) groups is 1. The largest absolute Gasteiger partial charge is 0.375 e. The summed E-state index contributed by atoms with van der Waals surface area (Å²) in [6, 6.07) is 8.53. The van der Waals surface area contributed by atoms with Crippen LogP contribution < -0.4 is 11.2 Å². The zero-order valence-electron chi connectivity index (χ0n) is 10.9. The fraction of sp³-hybridized carbons (Fsp3) is 0. The summed E-state index contributed by atoms with van der Waals surface area (Å²) in [5.74, 6) is -4.17. The van der Waals surface area contributed by atoms with Crippen LogP contribution in [0.4, 0.5) is 13.2 Å². The van der Waals surface area contributed by atoms with Gasteiger partial charge in [-0.15, -0.1) is 0 Å². The standard InChI is InChI=1S/C14H9BrF3N3S/c15-9-3-1-2-7(4-9)13(20-21-14(19)22)8-5-10(16)12(18)11(17)6-8/h1-6H,(H3,19,21,22)/b20-13-. The summed E-state index contributed by atoms with van der Waals surface area (Å²) in [5.41, 5.74) is 8.40. The van der Waals surface area contributed by atoms with E-state index in [1.54, 1.807) is 24.3 Å². The number of nitrogens with two attached hydrogens (primary N) is 1. The molecule has 0 heterocycles. The molecular formula is C14H9BrF3N3S. The quantitative estimate of drug-likeness (QED) is 0.367. The van der Waals surface area contributed by atoms with Gasteiger partial charge in [0.15, 0.2) is 22.6 Å². The summed E-state index contributed by atoms with van der Waals surface area (Å²) >= 11 is 7.94. The Kier molecular flexibility index (Phi) is 5.15. The molecule has 2 aromatic rings. The molecule has 3 nitrogen and oxygen atoms in total. The topological polar surface area (TPSA) is 50.4 Å². The van der Waals surface area contributed by atoms with Gasteiger partial charge in [0.1, 0.15) is 0 Å². The van der Waals surface area contributed by atoms with Crippen LogP contribution in [-0.4, -0.2) is 10.8 Å². The second kappa shape index (κ2) is 6.89. The highest BCUT2D eigenvalue weighted by atomic mass is 79.9. The number of hydrazone groups is 1. The zero-order valence-corrected chi connectivity index (χ0v) is 13.3. The molecular weight excluding hydrogens is 379 g/mol. The van der Waals surface area contributed by atoms with Crippen molar-refractivity contribution in [2.24, 2.45) is 10.8 Å². The molecule has 0 saturated carbocycles. The number of hydrogen-bond donors (Lipinski definition) is 2. The van der Waals surface area contributed by atoms with Gasteiger partial charge in [-0.1, -0.05) is 28.1 Å². The fourth-order valence-electron chi connectivity index (χ4n) is 1.73. The minimum atomic E-state index is -1.54. The number of hydrogen-bond acceptors (Lipinski definition) is 2. The van der Waals surface area contributed by atoms with E-state index in [1.165, 1.54) is 0 Å². The molecule has 0 radical (unpaired) electrons. The smallest absolute Gasteiger partial charge is 0.194 e. The van der Waals surface area contributed by atoms with Gasteiger partial charge in [-0.2, -0.15) is 5.10 Å². The summed E-state index contributed by atoms with van der Waals surface area (Å²) in [5, 5.41) is 3.83. The van der Waals surface area contributed by atoms with Gasteiger partial charge in [0.05, 0.1) is 5.71 Å². The molecule has 0 unspecified atom stereocenters. The Morgan fingerprint density at radius 1 is 1.09 bits per heavy atom. The first kappa shape index (κ1) is 16.4. The van der Waals surface area contributed by atoms with Crippen LogP contribution in [0.25, 0.3) is 0 Å². The third kappa shape index (κ3) is 3.83. The van der Waals surface area contributed by atoms with Crippen LogP contribution in [0.1, 0.15) is 11.1 Å². The van der Waals surface area contributed by atoms with E-state index in [0.29, 0.717) is 5.56 Å². The molecule has 0 aliphatic heterocycles. The van der Waals surface area contributed by atoms with E-state index in [2.05, 4.69) is 38.7 Å². The normalized spacial score (nSPS) is 11.4. The second-order valence-corrected chi connectivity index (χ2v) is 5.56. The van der Waals surface area contributed by atoms with E-state index in [9.17, 15) is 13.2 Å². The molecule has 0 fully saturated rings. The van der Waals surface area contributed by atoms with E-state index >= 15 is 0 Å². The van der Waals surface area contributed by atoms with Crippen molar-refractivity contribution in [3.63, 3.8) is 0 Å². The molecule has 0 bridgehead atoms. The average molecular weight is 388 g/mol. The van der Waals surface area contributed by atoms with Gasteiger partial charge in [-0.05, 0) is 36.5 Å². The molecule has 0 amide bonds. The lowest BCUT2D eigenvalue weighted by atomic mass is 10.0. The zero-order chi connectivity index (χ0) is 16.3. The fourth-order valence-corrected chi connectivity index (χ4v) is 2.18. The lowest BCUT2D eigenvalue weighted by Gasteiger charge is -2.09. The van der Waals surface area contributed by atoms with Gasteiger partial charge in [0.2, 0.25) is 0 Å². The van der Waals surface area contributed by atoms with Crippen LogP contribution in [0.15, 0.2) is 46.0 Å². The van der Waals surface area contributed by atoms with Gasteiger partial charge in [-0.3, -0.25) is 5.43 Å². The van der Waals surface area contributed by atoms with Gasteiger partial charge in [0, 0.05) is 15.6 Å². The molecule has 3 N–H and O–H groups in total. The molecule has 0 aromatic heterocycles.